The highest BCUT2D eigenvalue weighted by atomic mass is 32.2. The van der Waals surface area contributed by atoms with Crippen molar-refractivity contribution < 1.29 is 4.79 Å². The van der Waals surface area contributed by atoms with Crippen molar-refractivity contribution in [3.8, 4) is 5.69 Å². The summed E-state index contributed by atoms with van der Waals surface area (Å²) in [5.74, 6) is 0.0770. The molecule has 0 spiro atoms. The first kappa shape index (κ1) is 14.7. The summed E-state index contributed by atoms with van der Waals surface area (Å²) in [6.45, 7) is 1.84. The van der Waals surface area contributed by atoms with E-state index in [-0.39, 0.29) is 11.7 Å². The lowest BCUT2D eigenvalue weighted by molar-refractivity contribution is -0.113. The molecule has 0 fully saturated rings. The molecule has 1 aromatic carbocycles. The third-order valence-electron chi connectivity index (χ3n) is 2.66. The van der Waals surface area contributed by atoms with Crippen LogP contribution in [0.4, 0.5) is 5.13 Å². The molecule has 1 amide bonds. The van der Waals surface area contributed by atoms with Crippen molar-refractivity contribution in [3.05, 3.63) is 41.7 Å². The van der Waals surface area contributed by atoms with Crippen LogP contribution in [-0.4, -0.2) is 36.6 Å². The van der Waals surface area contributed by atoms with E-state index in [1.807, 2.05) is 41.8 Å². The Morgan fingerprint density at radius 1 is 1.27 bits per heavy atom. The lowest BCUT2D eigenvalue weighted by atomic mass is 10.3. The molecule has 1 N–H and O–H groups in total. The minimum absolute atomic E-state index is 0.149. The van der Waals surface area contributed by atoms with Gasteiger partial charge in [-0.25, -0.2) is 0 Å². The van der Waals surface area contributed by atoms with Gasteiger partial charge in [0.05, 0.1) is 5.75 Å². The maximum atomic E-state index is 11.9. The maximum absolute atomic E-state index is 11.9. The van der Waals surface area contributed by atoms with Crippen LogP contribution in [0.15, 0.2) is 41.8 Å². The van der Waals surface area contributed by atoms with Gasteiger partial charge < -0.3 is 0 Å². The van der Waals surface area contributed by atoms with Gasteiger partial charge in [-0.2, -0.15) is 0 Å². The highest BCUT2D eigenvalue weighted by molar-refractivity contribution is 7.99. The number of carbonyl (C=O) groups is 1. The number of benzene rings is 1. The molecule has 9 heteroatoms. The van der Waals surface area contributed by atoms with Crippen molar-refractivity contribution >= 4 is 34.1 Å². The first-order chi connectivity index (χ1) is 10.7. The predicted octanol–water partition coefficient (Wildman–Crippen LogP) is 2.16. The fourth-order valence-electron chi connectivity index (χ4n) is 1.72. The van der Waals surface area contributed by atoms with E-state index in [1.165, 1.54) is 23.1 Å². The Morgan fingerprint density at radius 3 is 2.82 bits per heavy atom. The van der Waals surface area contributed by atoms with E-state index in [2.05, 4.69) is 25.7 Å². The lowest BCUT2D eigenvalue weighted by Gasteiger charge is -2.05. The van der Waals surface area contributed by atoms with Gasteiger partial charge in [0.25, 0.3) is 0 Å². The number of thioether (sulfide) groups is 1. The average molecular weight is 332 g/mol. The van der Waals surface area contributed by atoms with Crippen LogP contribution in [0.5, 0.6) is 0 Å². The van der Waals surface area contributed by atoms with E-state index in [0.29, 0.717) is 10.3 Å². The topological polar surface area (TPSA) is 85.6 Å². The molecular formula is C13H12N6OS2. The highest BCUT2D eigenvalue weighted by Gasteiger charge is 2.11. The smallest absolute Gasteiger partial charge is 0.236 e. The van der Waals surface area contributed by atoms with Gasteiger partial charge in [-0.05, 0) is 19.1 Å². The summed E-state index contributed by atoms with van der Waals surface area (Å²) >= 11 is 2.66. The van der Waals surface area contributed by atoms with Crippen LogP contribution in [0.2, 0.25) is 0 Å². The molecule has 0 saturated heterocycles. The Hall–Kier alpha value is -2.26. The van der Waals surface area contributed by atoms with Gasteiger partial charge in [-0.1, -0.05) is 41.3 Å². The molecule has 112 valence electrons. The van der Waals surface area contributed by atoms with Gasteiger partial charge in [-0.3, -0.25) is 14.7 Å². The Morgan fingerprint density at radius 2 is 2.09 bits per heavy atom. The molecule has 0 saturated carbocycles. The first-order valence-electron chi connectivity index (χ1n) is 6.40. The SMILES string of the molecule is Cc1nnc(NC(=O)CSc2nncn2-c2ccccc2)s1. The summed E-state index contributed by atoms with van der Waals surface area (Å²) in [6.07, 6.45) is 1.63. The number of amides is 1. The maximum Gasteiger partial charge on any atom is 0.236 e. The summed E-state index contributed by atoms with van der Waals surface area (Å²) in [4.78, 5) is 11.9. The zero-order chi connectivity index (χ0) is 15.4. The number of anilines is 1. The fourth-order valence-corrected chi connectivity index (χ4v) is 3.06. The van der Waals surface area contributed by atoms with Crippen molar-refractivity contribution in [3.63, 3.8) is 0 Å². The minimum Gasteiger partial charge on any atom is -0.300 e. The van der Waals surface area contributed by atoms with Crippen LogP contribution in [-0.2, 0) is 4.79 Å². The standard InChI is InChI=1S/C13H12N6OS2/c1-9-16-17-12(22-9)15-11(20)7-21-13-18-14-8-19(13)10-5-3-2-4-6-10/h2-6,8H,7H2,1H3,(H,15,17,20). The molecule has 3 aromatic rings. The van der Waals surface area contributed by atoms with E-state index in [0.717, 1.165) is 10.7 Å². The number of hydrogen-bond donors (Lipinski definition) is 1. The molecular weight excluding hydrogens is 320 g/mol. The normalized spacial score (nSPS) is 10.6. The predicted molar refractivity (Wildman–Crippen MR) is 85.4 cm³/mol. The molecule has 2 aromatic heterocycles. The van der Waals surface area contributed by atoms with Crippen molar-refractivity contribution in [2.45, 2.75) is 12.1 Å². The van der Waals surface area contributed by atoms with Crippen molar-refractivity contribution in [1.29, 1.82) is 0 Å². The van der Waals surface area contributed by atoms with E-state index in [4.69, 9.17) is 0 Å². The van der Waals surface area contributed by atoms with Gasteiger partial charge >= 0.3 is 0 Å². The average Bonchev–Trinajstić information content (AvgIpc) is 3.15. The van der Waals surface area contributed by atoms with Crippen LogP contribution in [0.3, 0.4) is 0 Å². The summed E-state index contributed by atoms with van der Waals surface area (Å²) in [5.41, 5.74) is 0.954. The van der Waals surface area contributed by atoms with Gasteiger partial charge in [0.2, 0.25) is 11.0 Å². The van der Waals surface area contributed by atoms with E-state index in [9.17, 15) is 4.79 Å². The highest BCUT2D eigenvalue weighted by Crippen LogP contribution is 2.20. The minimum atomic E-state index is -0.149. The summed E-state index contributed by atoms with van der Waals surface area (Å²) < 4.78 is 1.84. The zero-order valence-corrected chi connectivity index (χ0v) is 13.3. The van der Waals surface area contributed by atoms with E-state index < -0.39 is 0 Å². The molecule has 0 unspecified atom stereocenters. The molecule has 2 heterocycles. The van der Waals surface area contributed by atoms with E-state index in [1.54, 1.807) is 6.33 Å². The molecule has 0 bridgehead atoms. The Kier molecular flexibility index (Phi) is 4.45. The Bertz CT molecular complexity index is 770. The summed E-state index contributed by atoms with van der Waals surface area (Å²) in [6, 6.07) is 9.73. The van der Waals surface area contributed by atoms with Crippen molar-refractivity contribution in [2.75, 3.05) is 11.1 Å². The van der Waals surface area contributed by atoms with Gasteiger partial charge in [0.1, 0.15) is 11.3 Å². The molecule has 0 aliphatic heterocycles. The Balaban J connectivity index is 1.63. The number of nitrogens with zero attached hydrogens (tertiary/aromatic N) is 5. The number of aryl methyl sites for hydroxylation is 1. The summed E-state index contributed by atoms with van der Waals surface area (Å²) in [7, 11) is 0. The molecule has 0 aliphatic carbocycles. The third-order valence-corrected chi connectivity index (χ3v) is 4.35. The van der Waals surface area contributed by atoms with Gasteiger partial charge in [0, 0.05) is 5.69 Å². The molecule has 3 rings (SSSR count). The second kappa shape index (κ2) is 6.67. The number of rotatable bonds is 5. The zero-order valence-electron chi connectivity index (χ0n) is 11.6. The van der Waals surface area contributed by atoms with Crippen LogP contribution >= 0.6 is 23.1 Å². The van der Waals surface area contributed by atoms with Gasteiger partial charge in [-0.15, -0.1) is 20.4 Å². The van der Waals surface area contributed by atoms with Crippen LogP contribution in [0.1, 0.15) is 5.01 Å². The molecule has 0 radical (unpaired) electrons. The number of nitrogens with one attached hydrogen (secondary N) is 1. The summed E-state index contributed by atoms with van der Waals surface area (Å²) in [5, 5.41) is 20.4. The lowest BCUT2D eigenvalue weighted by Crippen LogP contribution is -2.14. The second-order valence-electron chi connectivity index (χ2n) is 4.28. The molecule has 0 atom stereocenters. The number of carbonyl (C=O) groups excluding carboxylic acids is 1. The number of para-hydroxylation sites is 1. The van der Waals surface area contributed by atoms with Crippen LogP contribution in [0.25, 0.3) is 5.69 Å². The monoisotopic (exact) mass is 332 g/mol. The second-order valence-corrected chi connectivity index (χ2v) is 6.41. The quantitative estimate of drug-likeness (QED) is 0.721. The van der Waals surface area contributed by atoms with E-state index >= 15 is 0 Å². The van der Waals surface area contributed by atoms with Crippen LogP contribution < -0.4 is 5.32 Å². The van der Waals surface area contributed by atoms with Crippen LogP contribution in [0, 0.1) is 6.92 Å². The largest absolute Gasteiger partial charge is 0.300 e. The molecule has 0 aliphatic rings. The molecule has 22 heavy (non-hydrogen) atoms. The number of hydrogen-bond acceptors (Lipinski definition) is 7. The van der Waals surface area contributed by atoms with Crippen molar-refractivity contribution in [1.82, 2.24) is 25.0 Å². The van der Waals surface area contributed by atoms with Crippen molar-refractivity contribution in [2.24, 2.45) is 0 Å². The third kappa shape index (κ3) is 3.49. The Labute approximate surface area is 134 Å². The molecule has 7 nitrogen and oxygen atoms in total. The number of aromatic nitrogens is 5. The first-order valence-corrected chi connectivity index (χ1v) is 8.21. The fraction of sp³-hybridized carbons (Fsp3) is 0.154. The van der Waals surface area contributed by atoms with Gasteiger partial charge in [0.15, 0.2) is 5.16 Å².